The molecular formula is C23H24N4O2S. The Hall–Kier alpha value is -2.93. The Kier molecular flexibility index (Phi) is 5.47. The average Bonchev–Trinajstić information content (AvgIpc) is 3.06. The molecule has 0 bridgehead atoms. The summed E-state index contributed by atoms with van der Waals surface area (Å²) in [5.41, 5.74) is 3.43. The fourth-order valence-electron chi connectivity index (χ4n) is 3.46. The van der Waals surface area contributed by atoms with Gasteiger partial charge in [-0.2, -0.15) is 0 Å². The summed E-state index contributed by atoms with van der Waals surface area (Å²) in [7, 11) is 0. The molecule has 0 saturated heterocycles. The van der Waals surface area contributed by atoms with Crippen LogP contribution in [0.15, 0.2) is 58.5 Å². The third kappa shape index (κ3) is 3.77. The van der Waals surface area contributed by atoms with E-state index in [2.05, 4.69) is 5.32 Å². The van der Waals surface area contributed by atoms with Gasteiger partial charge in [0.05, 0.1) is 10.9 Å². The number of anilines is 1. The second kappa shape index (κ2) is 8.07. The SMILES string of the molecule is Cc1cccc(NC(=O)[C@@H](C)SC2=Nc3ccccc3C3=N[C@H](C(C)C)C(=O)N23)c1. The summed E-state index contributed by atoms with van der Waals surface area (Å²) in [4.78, 5) is 36.9. The Balaban J connectivity index is 1.60. The first-order chi connectivity index (χ1) is 14.3. The monoisotopic (exact) mass is 420 g/mol. The van der Waals surface area contributed by atoms with Gasteiger partial charge in [0.1, 0.15) is 11.9 Å². The molecule has 2 aliphatic heterocycles. The number of fused-ring (bicyclic) bond motifs is 3. The van der Waals surface area contributed by atoms with Crippen LogP contribution in [-0.4, -0.2) is 39.0 Å². The molecule has 2 aliphatic rings. The molecule has 2 aromatic rings. The minimum absolute atomic E-state index is 0.0797. The molecule has 2 amide bonds. The summed E-state index contributed by atoms with van der Waals surface area (Å²) in [5.74, 6) is 0.471. The van der Waals surface area contributed by atoms with E-state index in [0.717, 1.165) is 22.5 Å². The lowest BCUT2D eigenvalue weighted by Crippen LogP contribution is -2.43. The van der Waals surface area contributed by atoms with Gasteiger partial charge >= 0.3 is 0 Å². The maximum Gasteiger partial charge on any atom is 0.259 e. The minimum Gasteiger partial charge on any atom is -0.325 e. The topological polar surface area (TPSA) is 74.1 Å². The summed E-state index contributed by atoms with van der Waals surface area (Å²) >= 11 is 1.27. The van der Waals surface area contributed by atoms with Crippen LogP contribution in [0.4, 0.5) is 11.4 Å². The van der Waals surface area contributed by atoms with Crippen LogP contribution in [-0.2, 0) is 9.59 Å². The Bertz CT molecular complexity index is 1080. The summed E-state index contributed by atoms with van der Waals surface area (Å²) in [6, 6.07) is 14.9. The lowest BCUT2D eigenvalue weighted by atomic mass is 10.1. The van der Waals surface area contributed by atoms with Crippen molar-refractivity contribution < 1.29 is 9.59 Å². The number of para-hydroxylation sites is 1. The van der Waals surface area contributed by atoms with Gasteiger partial charge in [0.25, 0.3) is 5.91 Å². The molecule has 0 saturated carbocycles. The number of hydrogen-bond donors (Lipinski definition) is 1. The van der Waals surface area contributed by atoms with E-state index in [0.29, 0.717) is 11.0 Å². The number of amides is 2. The Morgan fingerprint density at radius 3 is 2.63 bits per heavy atom. The van der Waals surface area contributed by atoms with Gasteiger partial charge in [-0.15, -0.1) is 0 Å². The van der Waals surface area contributed by atoms with Crippen molar-refractivity contribution in [1.82, 2.24) is 4.90 Å². The maximum absolute atomic E-state index is 13.1. The number of thioether (sulfide) groups is 1. The fourth-order valence-corrected chi connectivity index (χ4v) is 4.38. The molecule has 30 heavy (non-hydrogen) atoms. The van der Waals surface area contributed by atoms with Crippen LogP contribution in [0.5, 0.6) is 0 Å². The molecule has 2 aromatic carbocycles. The molecule has 0 aromatic heterocycles. The summed E-state index contributed by atoms with van der Waals surface area (Å²) in [6.07, 6.45) is 0. The number of amidine groups is 2. The van der Waals surface area contributed by atoms with E-state index in [-0.39, 0.29) is 17.7 Å². The second-order valence-electron chi connectivity index (χ2n) is 7.85. The molecule has 0 spiro atoms. The van der Waals surface area contributed by atoms with Crippen LogP contribution >= 0.6 is 11.8 Å². The number of aliphatic imine (C=N–C) groups is 2. The largest absolute Gasteiger partial charge is 0.325 e. The number of hydrogen-bond acceptors (Lipinski definition) is 5. The zero-order valence-corrected chi connectivity index (χ0v) is 18.2. The molecule has 2 heterocycles. The van der Waals surface area contributed by atoms with Gasteiger partial charge in [0.15, 0.2) is 5.17 Å². The van der Waals surface area contributed by atoms with E-state index in [1.165, 1.54) is 11.8 Å². The van der Waals surface area contributed by atoms with Crippen molar-refractivity contribution >= 4 is 46.0 Å². The highest BCUT2D eigenvalue weighted by atomic mass is 32.2. The first kappa shape index (κ1) is 20.3. The summed E-state index contributed by atoms with van der Waals surface area (Å²) in [5, 5.41) is 2.99. The van der Waals surface area contributed by atoms with Crippen molar-refractivity contribution in [2.75, 3.05) is 5.32 Å². The molecule has 0 unspecified atom stereocenters. The molecule has 7 heteroatoms. The number of rotatable bonds is 4. The van der Waals surface area contributed by atoms with E-state index in [9.17, 15) is 9.59 Å². The number of carbonyl (C=O) groups excluding carboxylic acids is 2. The van der Waals surface area contributed by atoms with Gasteiger partial charge < -0.3 is 5.32 Å². The molecule has 0 aliphatic carbocycles. The van der Waals surface area contributed by atoms with Crippen molar-refractivity contribution in [1.29, 1.82) is 0 Å². The highest BCUT2D eigenvalue weighted by molar-refractivity contribution is 8.15. The fraction of sp³-hybridized carbons (Fsp3) is 0.304. The van der Waals surface area contributed by atoms with E-state index in [4.69, 9.17) is 9.98 Å². The first-order valence-corrected chi connectivity index (χ1v) is 10.9. The molecule has 154 valence electrons. The third-order valence-electron chi connectivity index (χ3n) is 5.07. The number of carbonyl (C=O) groups is 2. The van der Waals surface area contributed by atoms with E-state index in [1.807, 2.05) is 76.2 Å². The van der Waals surface area contributed by atoms with Gasteiger partial charge in [-0.1, -0.05) is 49.9 Å². The number of nitrogens with one attached hydrogen (secondary N) is 1. The van der Waals surface area contributed by atoms with Crippen molar-refractivity contribution in [3.05, 3.63) is 59.7 Å². The van der Waals surface area contributed by atoms with Crippen LogP contribution in [0.25, 0.3) is 0 Å². The van der Waals surface area contributed by atoms with Gasteiger partial charge in [0, 0.05) is 11.3 Å². The number of benzene rings is 2. The quantitative estimate of drug-likeness (QED) is 0.798. The van der Waals surface area contributed by atoms with Crippen LogP contribution < -0.4 is 5.32 Å². The standard InChI is InChI=1S/C23H24N4O2S/c1-13(2)19-22(29)27-20(26-19)17-10-5-6-11-18(17)25-23(27)30-15(4)21(28)24-16-9-7-8-14(3)12-16/h5-13,15,19H,1-4H3,(H,24,28)/t15-,19-/m1/s1. The first-order valence-electron chi connectivity index (χ1n) is 9.99. The lowest BCUT2D eigenvalue weighted by molar-refractivity contribution is -0.125. The Morgan fingerprint density at radius 2 is 1.90 bits per heavy atom. The van der Waals surface area contributed by atoms with Gasteiger partial charge in [-0.25, -0.2) is 9.89 Å². The van der Waals surface area contributed by atoms with Gasteiger partial charge in [-0.05, 0) is 49.6 Å². The third-order valence-corrected chi connectivity index (χ3v) is 6.12. The predicted molar refractivity (Wildman–Crippen MR) is 122 cm³/mol. The van der Waals surface area contributed by atoms with Crippen LogP contribution in [0.3, 0.4) is 0 Å². The molecule has 0 radical (unpaired) electrons. The summed E-state index contributed by atoms with van der Waals surface area (Å²) in [6.45, 7) is 7.76. The predicted octanol–water partition coefficient (Wildman–Crippen LogP) is 4.37. The minimum atomic E-state index is -0.443. The molecule has 6 nitrogen and oxygen atoms in total. The zero-order chi connectivity index (χ0) is 21.4. The molecule has 4 rings (SSSR count). The number of aryl methyl sites for hydroxylation is 1. The van der Waals surface area contributed by atoms with Crippen LogP contribution in [0.2, 0.25) is 0 Å². The van der Waals surface area contributed by atoms with Crippen LogP contribution in [0.1, 0.15) is 31.9 Å². The smallest absolute Gasteiger partial charge is 0.259 e. The lowest BCUT2D eigenvalue weighted by Gasteiger charge is -2.27. The van der Waals surface area contributed by atoms with Crippen molar-refractivity contribution in [2.45, 2.75) is 39.0 Å². The summed E-state index contributed by atoms with van der Waals surface area (Å²) < 4.78 is 0. The van der Waals surface area contributed by atoms with Crippen molar-refractivity contribution in [3.8, 4) is 0 Å². The normalized spacial score (nSPS) is 18.5. The van der Waals surface area contributed by atoms with E-state index in [1.54, 1.807) is 4.90 Å². The Morgan fingerprint density at radius 1 is 1.13 bits per heavy atom. The zero-order valence-electron chi connectivity index (χ0n) is 17.4. The highest BCUT2D eigenvalue weighted by Gasteiger charge is 2.43. The number of nitrogens with zero attached hydrogens (tertiary/aromatic N) is 3. The molecular weight excluding hydrogens is 396 g/mol. The van der Waals surface area contributed by atoms with Crippen molar-refractivity contribution in [2.24, 2.45) is 15.9 Å². The molecule has 0 fully saturated rings. The Labute approximate surface area is 180 Å². The highest BCUT2D eigenvalue weighted by Crippen LogP contribution is 2.35. The average molecular weight is 421 g/mol. The van der Waals surface area contributed by atoms with E-state index >= 15 is 0 Å². The van der Waals surface area contributed by atoms with E-state index < -0.39 is 11.3 Å². The van der Waals surface area contributed by atoms with Gasteiger partial charge in [0.2, 0.25) is 5.91 Å². The molecule has 1 N–H and O–H groups in total. The maximum atomic E-state index is 13.1. The second-order valence-corrected chi connectivity index (χ2v) is 9.15. The molecule has 2 atom stereocenters. The van der Waals surface area contributed by atoms with Crippen LogP contribution in [0, 0.1) is 12.8 Å². The van der Waals surface area contributed by atoms with Gasteiger partial charge in [-0.3, -0.25) is 14.6 Å². The van der Waals surface area contributed by atoms with Crippen molar-refractivity contribution in [3.63, 3.8) is 0 Å².